The molecule has 1 fully saturated rings. The maximum Gasteiger partial charge on any atom is 0.275 e. The molecule has 0 atom stereocenters. The highest BCUT2D eigenvalue weighted by Gasteiger charge is 2.12. The smallest absolute Gasteiger partial charge is 0.275 e. The molecule has 0 radical (unpaired) electrons. The lowest BCUT2D eigenvalue weighted by Gasteiger charge is -2.17. The summed E-state index contributed by atoms with van der Waals surface area (Å²) in [6, 6.07) is 13.7. The van der Waals surface area contributed by atoms with E-state index in [1.807, 2.05) is 31.2 Å². The fraction of sp³-hybridized carbons (Fsp3) is 0.300. The average Bonchev–Trinajstić information content (AvgIpc) is 3.16. The molecule has 0 unspecified atom stereocenters. The van der Waals surface area contributed by atoms with Gasteiger partial charge in [0.2, 0.25) is 0 Å². The average molecular weight is 337 g/mol. The van der Waals surface area contributed by atoms with Crippen molar-refractivity contribution in [2.24, 2.45) is 5.10 Å². The van der Waals surface area contributed by atoms with Crippen LogP contribution in [0, 0.1) is 6.92 Å². The topological polar surface area (TPSA) is 53.9 Å². The van der Waals surface area contributed by atoms with Gasteiger partial charge < -0.3 is 9.64 Å². The van der Waals surface area contributed by atoms with Crippen LogP contribution >= 0.6 is 0 Å². The number of amides is 1. The molecule has 2 aromatic carbocycles. The molecule has 1 heterocycles. The van der Waals surface area contributed by atoms with E-state index in [1.54, 1.807) is 19.4 Å². The van der Waals surface area contributed by atoms with Crippen LogP contribution in [0.15, 0.2) is 47.6 Å². The molecule has 1 aliphatic heterocycles. The summed E-state index contributed by atoms with van der Waals surface area (Å²) in [5.74, 6) is 0.254. The van der Waals surface area contributed by atoms with E-state index >= 15 is 0 Å². The molecule has 5 nitrogen and oxygen atoms in total. The molecule has 5 heteroatoms. The molecule has 1 N–H and O–H groups in total. The van der Waals surface area contributed by atoms with Gasteiger partial charge in [-0.25, -0.2) is 5.43 Å². The van der Waals surface area contributed by atoms with Crippen LogP contribution in [-0.4, -0.2) is 32.3 Å². The first kappa shape index (κ1) is 17.0. The predicted octanol–water partition coefficient (Wildman–Crippen LogP) is 3.37. The van der Waals surface area contributed by atoms with Gasteiger partial charge in [-0.2, -0.15) is 5.10 Å². The number of aryl methyl sites for hydroxylation is 1. The largest absolute Gasteiger partial charge is 0.496 e. The fourth-order valence-electron chi connectivity index (χ4n) is 2.96. The van der Waals surface area contributed by atoms with Crippen LogP contribution in [0.3, 0.4) is 0 Å². The Kier molecular flexibility index (Phi) is 5.33. The van der Waals surface area contributed by atoms with E-state index in [0.29, 0.717) is 11.3 Å². The molecule has 0 aliphatic carbocycles. The highest BCUT2D eigenvalue weighted by atomic mass is 16.5. The lowest BCUT2D eigenvalue weighted by atomic mass is 10.1. The first-order chi connectivity index (χ1) is 12.2. The van der Waals surface area contributed by atoms with Gasteiger partial charge in [0.1, 0.15) is 5.75 Å². The highest BCUT2D eigenvalue weighted by molar-refractivity contribution is 5.97. The van der Waals surface area contributed by atoms with Crippen LogP contribution in [0.5, 0.6) is 5.75 Å². The SMILES string of the molecule is COc1cc(C)ccc1C(=O)N/N=C/c1ccc(N2CCCC2)cc1. The zero-order valence-corrected chi connectivity index (χ0v) is 14.7. The van der Waals surface area contributed by atoms with Crippen LogP contribution in [-0.2, 0) is 0 Å². The zero-order valence-electron chi connectivity index (χ0n) is 14.7. The quantitative estimate of drug-likeness (QED) is 0.672. The van der Waals surface area contributed by atoms with Crippen molar-refractivity contribution in [2.45, 2.75) is 19.8 Å². The molecule has 1 aliphatic rings. The number of ether oxygens (including phenoxy) is 1. The van der Waals surface area contributed by atoms with Crippen LogP contribution < -0.4 is 15.1 Å². The third-order valence-corrected chi connectivity index (χ3v) is 4.35. The number of carbonyl (C=O) groups is 1. The number of hydrazone groups is 1. The summed E-state index contributed by atoms with van der Waals surface area (Å²) in [6.45, 7) is 4.21. The lowest BCUT2D eigenvalue weighted by Crippen LogP contribution is -2.18. The molecule has 2 aromatic rings. The minimum atomic E-state index is -0.290. The number of hydrogen-bond acceptors (Lipinski definition) is 4. The maximum absolute atomic E-state index is 12.2. The van der Waals surface area contributed by atoms with Crippen LogP contribution in [0.4, 0.5) is 5.69 Å². The number of nitrogens with zero attached hydrogens (tertiary/aromatic N) is 2. The second-order valence-electron chi connectivity index (χ2n) is 6.19. The Bertz CT molecular complexity index is 763. The summed E-state index contributed by atoms with van der Waals surface area (Å²) >= 11 is 0. The molecule has 1 amide bonds. The molecule has 3 rings (SSSR count). The Morgan fingerprint density at radius 3 is 2.56 bits per heavy atom. The molecule has 25 heavy (non-hydrogen) atoms. The maximum atomic E-state index is 12.2. The molecule has 0 bridgehead atoms. The first-order valence-electron chi connectivity index (χ1n) is 8.50. The predicted molar refractivity (Wildman–Crippen MR) is 101 cm³/mol. The number of benzene rings is 2. The number of rotatable bonds is 5. The van der Waals surface area contributed by atoms with Crippen molar-refractivity contribution in [1.29, 1.82) is 0 Å². The number of hydrogen-bond donors (Lipinski definition) is 1. The van der Waals surface area contributed by atoms with Crippen molar-refractivity contribution in [3.05, 3.63) is 59.2 Å². The van der Waals surface area contributed by atoms with Crippen molar-refractivity contribution < 1.29 is 9.53 Å². The summed E-state index contributed by atoms with van der Waals surface area (Å²) in [5.41, 5.74) is 6.24. The summed E-state index contributed by atoms with van der Waals surface area (Å²) < 4.78 is 5.26. The van der Waals surface area contributed by atoms with Crippen molar-refractivity contribution >= 4 is 17.8 Å². The lowest BCUT2D eigenvalue weighted by molar-refractivity contribution is 0.0952. The highest BCUT2D eigenvalue weighted by Crippen LogP contribution is 2.21. The van der Waals surface area contributed by atoms with E-state index in [2.05, 4.69) is 27.6 Å². The van der Waals surface area contributed by atoms with Crippen molar-refractivity contribution in [3.8, 4) is 5.75 Å². The van der Waals surface area contributed by atoms with Crippen LogP contribution in [0.2, 0.25) is 0 Å². The molecule has 130 valence electrons. The minimum absolute atomic E-state index is 0.290. The summed E-state index contributed by atoms with van der Waals surface area (Å²) in [4.78, 5) is 14.6. The van der Waals surface area contributed by atoms with Gasteiger partial charge in [-0.05, 0) is 55.2 Å². The van der Waals surface area contributed by atoms with E-state index in [9.17, 15) is 4.79 Å². The summed E-state index contributed by atoms with van der Waals surface area (Å²) in [5, 5.41) is 4.05. The second kappa shape index (κ2) is 7.83. The van der Waals surface area contributed by atoms with Crippen molar-refractivity contribution in [3.63, 3.8) is 0 Å². The Morgan fingerprint density at radius 1 is 1.16 bits per heavy atom. The summed E-state index contributed by atoms with van der Waals surface area (Å²) in [6.07, 6.45) is 4.17. The number of nitrogens with one attached hydrogen (secondary N) is 1. The normalized spacial score (nSPS) is 14.1. The molecular formula is C20H23N3O2. The Labute approximate surface area is 148 Å². The summed E-state index contributed by atoms with van der Waals surface area (Å²) in [7, 11) is 1.55. The fourth-order valence-corrected chi connectivity index (χ4v) is 2.96. The van der Waals surface area contributed by atoms with Gasteiger partial charge in [0.15, 0.2) is 0 Å². The zero-order chi connectivity index (χ0) is 17.6. The van der Waals surface area contributed by atoms with Crippen LogP contribution in [0.25, 0.3) is 0 Å². The third-order valence-electron chi connectivity index (χ3n) is 4.35. The van der Waals surface area contributed by atoms with E-state index in [4.69, 9.17) is 4.74 Å². The van der Waals surface area contributed by atoms with E-state index in [1.165, 1.54) is 18.5 Å². The minimum Gasteiger partial charge on any atom is -0.496 e. The standard InChI is InChI=1S/C20H23N3O2/c1-15-5-10-18(19(13-15)25-2)20(24)22-21-14-16-6-8-17(9-7-16)23-11-3-4-12-23/h5-10,13-14H,3-4,11-12H2,1-2H3,(H,22,24)/b21-14+. The van der Waals surface area contributed by atoms with E-state index in [-0.39, 0.29) is 5.91 Å². The number of anilines is 1. The van der Waals surface area contributed by atoms with Gasteiger partial charge in [0.25, 0.3) is 5.91 Å². The first-order valence-corrected chi connectivity index (χ1v) is 8.50. The molecule has 0 aromatic heterocycles. The monoisotopic (exact) mass is 337 g/mol. The Morgan fingerprint density at radius 2 is 1.88 bits per heavy atom. The number of methoxy groups -OCH3 is 1. The van der Waals surface area contributed by atoms with Gasteiger partial charge in [-0.1, -0.05) is 18.2 Å². The number of carbonyl (C=O) groups excluding carboxylic acids is 1. The van der Waals surface area contributed by atoms with Crippen LogP contribution in [0.1, 0.15) is 34.3 Å². The van der Waals surface area contributed by atoms with Gasteiger partial charge in [-0.3, -0.25) is 4.79 Å². The van der Waals surface area contributed by atoms with E-state index in [0.717, 1.165) is 24.2 Å². The molecule has 0 saturated carbocycles. The van der Waals surface area contributed by atoms with Gasteiger partial charge in [-0.15, -0.1) is 0 Å². The molecule has 1 saturated heterocycles. The van der Waals surface area contributed by atoms with Crippen molar-refractivity contribution in [1.82, 2.24) is 5.43 Å². The Hall–Kier alpha value is -2.82. The van der Waals surface area contributed by atoms with Crippen molar-refractivity contribution in [2.75, 3.05) is 25.1 Å². The Balaban J connectivity index is 1.62. The van der Waals surface area contributed by atoms with Gasteiger partial charge in [0, 0.05) is 18.8 Å². The molecule has 0 spiro atoms. The third kappa shape index (κ3) is 4.18. The van der Waals surface area contributed by atoms with Gasteiger partial charge in [0.05, 0.1) is 18.9 Å². The van der Waals surface area contributed by atoms with E-state index < -0.39 is 0 Å². The van der Waals surface area contributed by atoms with Gasteiger partial charge >= 0.3 is 0 Å². The molecular weight excluding hydrogens is 314 g/mol. The second-order valence-corrected chi connectivity index (χ2v) is 6.19.